The monoisotopic (exact) mass is 654 g/mol. The second-order valence-electron chi connectivity index (χ2n) is 4.22. The van der Waals surface area contributed by atoms with Crippen molar-refractivity contribution in [3.8, 4) is 0 Å². The topological polar surface area (TPSA) is 113 Å². The number of allylic oxidation sites excluding steroid dienone is 1. The minimum Gasteiger partial charge on any atom is -0.516 e. The average molecular weight is 654 g/mol. The zero-order valence-electron chi connectivity index (χ0n) is 11.6. The number of hydrogen-bond acceptors (Lipinski definition) is 4. The molecule has 0 spiro atoms. The van der Waals surface area contributed by atoms with E-state index in [0.29, 0.717) is 22.7 Å². The van der Waals surface area contributed by atoms with E-state index >= 15 is 0 Å². The molecule has 0 bridgehead atoms. The minimum absolute atomic E-state index is 0.158. The Morgan fingerprint density at radius 1 is 1.00 bits per heavy atom. The summed E-state index contributed by atoms with van der Waals surface area (Å²) < 4.78 is 1.82. The molecule has 0 radical (unpaired) electrons. The van der Waals surface area contributed by atoms with Gasteiger partial charge in [0, 0.05) is 17.3 Å². The Morgan fingerprint density at radius 3 is 2.09 bits per heavy atom. The van der Waals surface area contributed by atoms with Crippen molar-refractivity contribution in [3.05, 3.63) is 52.1 Å². The van der Waals surface area contributed by atoms with Crippen molar-refractivity contribution >= 4 is 79.6 Å². The third-order valence-corrected chi connectivity index (χ3v) is 6.25. The smallest absolute Gasteiger partial charge is 0.253 e. The van der Waals surface area contributed by atoms with E-state index in [2.05, 4.69) is 5.32 Å². The maximum Gasteiger partial charge on any atom is 0.253 e. The summed E-state index contributed by atoms with van der Waals surface area (Å²) in [6.07, 6.45) is 5.03. The number of nitrogens with two attached hydrogens (primary N) is 1. The highest BCUT2D eigenvalue weighted by atomic mass is 127. The van der Waals surface area contributed by atoms with Crippen LogP contribution in [0.5, 0.6) is 0 Å². The first-order chi connectivity index (χ1) is 10.9. The van der Waals surface area contributed by atoms with Crippen LogP contribution in [0.2, 0.25) is 0 Å². The number of carbonyl (C=O) groups is 2. The van der Waals surface area contributed by atoms with Gasteiger partial charge in [-0.3, -0.25) is 9.59 Å². The van der Waals surface area contributed by atoms with Crippen molar-refractivity contribution in [2.45, 2.75) is 6.42 Å². The van der Waals surface area contributed by atoms with Gasteiger partial charge in [-0.2, -0.15) is 0 Å². The normalized spacial score (nSPS) is 11.3. The maximum absolute atomic E-state index is 12.4. The molecule has 0 saturated heterocycles. The predicted molar refractivity (Wildman–Crippen MR) is 113 cm³/mol. The van der Waals surface area contributed by atoms with Gasteiger partial charge < -0.3 is 21.3 Å². The lowest BCUT2D eigenvalue weighted by atomic mass is 10.0. The molecule has 2 amide bonds. The lowest BCUT2D eigenvalue weighted by Gasteiger charge is -2.17. The Hall–Kier alpha value is -0.570. The summed E-state index contributed by atoms with van der Waals surface area (Å²) in [5.41, 5.74) is 6.85. The molecule has 0 heterocycles. The number of benzene rings is 1. The van der Waals surface area contributed by atoms with Gasteiger partial charge in [0.05, 0.1) is 23.7 Å². The second kappa shape index (κ2) is 9.66. The Kier molecular flexibility index (Phi) is 8.60. The number of rotatable bonds is 6. The number of carbonyl (C=O) groups excluding carboxylic acids is 2. The molecule has 23 heavy (non-hydrogen) atoms. The second-order valence-corrected chi connectivity index (χ2v) is 7.45. The zero-order chi connectivity index (χ0) is 17.6. The van der Waals surface area contributed by atoms with Crippen LogP contribution in [0.3, 0.4) is 0 Å². The van der Waals surface area contributed by atoms with Crippen LogP contribution in [0.15, 0.2) is 24.7 Å². The summed E-state index contributed by atoms with van der Waals surface area (Å²) in [5, 5.41) is 20.1. The lowest BCUT2D eigenvalue weighted by molar-refractivity contribution is 0.0956. The van der Waals surface area contributed by atoms with E-state index < -0.39 is 5.91 Å². The van der Waals surface area contributed by atoms with Gasteiger partial charge in [0.1, 0.15) is 0 Å². The first-order valence-corrected chi connectivity index (χ1v) is 9.46. The number of amides is 2. The molecule has 0 aliphatic carbocycles. The van der Waals surface area contributed by atoms with E-state index in [4.69, 9.17) is 15.9 Å². The van der Waals surface area contributed by atoms with Crippen LogP contribution in [-0.4, -0.2) is 28.6 Å². The molecule has 0 aliphatic rings. The van der Waals surface area contributed by atoms with Crippen molar-refractivity contribution in [2.24, 2.45) is 5.73 Å². The number of primary amides is 1. The highest BCUT2D eigenvalue weighted by Gasteiger charge is 2.25. The molecule has 0 aromatic heterocycles. The fraction of sp³-hybridized carbons (Fsp3) is 0.143. The van der Waals surface area contributed by atoms with Crippen molar-refractivity contribution in [3.63, 3.8) is 0 Å². The van der Waals surface area contributed by atoms with Crippen molar-refractivity contribution in [1.82, 2.24) is 5.32 Å². The van der Waals surface area contributed by atoms with E-state index in [-0.39, 0.29) is 18.0 Å². The van der Waals surface area contributed by atoms with E-state index in [9.17, 15) is 9.59 Å². The number of nitrogens with one attached hydrogen (secondary N) is 1. The van der Waals surface area contributed by atoms with E-state index in [0.717, 1.165) is 18.1 Å². The van der Waals surface area contributed by atoms with Gasteiger partial charge in [0.25, 0.3) is 11.8 Å². The Balaban J connectivity index is 3.52. The van der Waals surface area contributed by atoms with Crippen molar-refractivity contribution in [1.29, 1.82) is 0 Å². The minimum atomic E-state index is -0.617. The number of hydrogen-bond donors (Lipinski definition) is 4. The van der Waals surface area contributed by atoms with Gasteiger partial charge in [0.2, 0.25) is 0 Å². The molecular formula is C14H13I3N2O4. The van der Waals surface area contributed by atoms with Crippen LogP contribution in [0.25, 0.3) is 0 Å². The summed E-state index contributed by atoms with van der Waals surface area (Å²) in [6, 6.07) is 0. The van der Waals surface area contributed by atoms with Crippen molar-refractivity contribution < 1.29 is 19.8 Å². The Labute approximate surface area is 174 Å². The van der Waals surface area contributed by atoms with Crippen LogP contribution in [0.1, 0.15) is 26.3 Å². The first-order valence-electron chi connectivity index (χ1n) is 6.22. The molecule has 1 aromatic rings. The van der Waals surface area contributed by atoms with Gasteiger partial charge in [-0.15, -0.1) is 0 Å². The molecule has 5 N–H and O–H groups in total. The number of aliphatic hydroxyl groups is 2. The molecule has 9 heteroatoms. The number of aliphatic hydroxyl groups excluding tert-OH is 2. The maximum atomic E-state index is 12.4. The Morgan fingerprint density at radius 2 is 1.57 bits per heavy atom. The van der Waals surface area contributed by atoms with Crippen LogP contribution >= 0.6 is 67.8 Å². The van der Waals surface area contributed by atoms with Gasteiger partial charge in [0.15, 0.2) is 0 Å². The standard InChI is InChI=1S/C14H13I3N2O4/c15-10-7(3-1-5-20)11(16)9(12(17)8(10)13(18)22)14(23)19-4-2-6-21/h1-2,5-6,20-21H,3-4H2,(H2,18,22)(H,19,23). The lowest BCUT2D eigenvalue weighted by Crippen LogP contribution is -2.28. The molecule has 0 aliphatic heterocycles. The molecule has 124 valence electrons. The molecular weight excluding hydrogens is 641 g/mol. The number of halogens is 3. The van der Waals surface area contributed by atoms with Crippen LogP contribution in [0, 0.1) is 10.7 Å². The summed E-state index contributed by atoms with van der Waals surface area (Å²) in [6.45, 7) is 0.158. The van der Waals surface area contributed by atoms with Crippen LogP contribution < -0.4 is 11.1 Å². The highest BCUT2D eigenvalue weighted by Crippen LogP contribution is 2.32. The van der Waals surface area contributed by atoms with Crippen LogP contribution in [0.4, 0.5) is 0 Å². The highest BCUT2D eigenvalue weighted by molar-refractivity contribution is 14.1. The van der Waals surface area contributed by atoms with Crippen molar-refractivity contribution in [2.75, 3.05) is 6.54 Å². The summed E-state index contributed by atoms with van der Waals surface area (Å²) >= 11 is 5.99. The quantitative estimate of drug-likeness (QED) is 0.280. The largest absolute Gasteiger partial charge is 0.516 e. The van der Waals surface area contributed by atoms with E-state index in [1.165, 1.54) is 12.2 Å². The summed E-state index contributed by atoms with van der Waals surface area (Å²) in [4.78, 5) is 24.2. The Bertz CT molecular complexity index is 687. The molecule has 0 atom stereocenters. The van der Waals surface area contributed by atoms with Gasteiger partial charge in [-0.1, -0.05) is 0 Å². The third-order valence-electron chi connectivity index (χ3n) is 2.79. The molecule has 1 aromatic carbocycles. The fourth-order valence-electron chi connectivity index (χ4n) is 1.77. The SMILES string of the molecule is NC(=O)c1c(I)c(CC=CO)c(I)c(C(=O)NCC=CO)c1I. The summed E-state index contributed by atoms with van der Waals surface area (Å²) in [7, 11) is 0. The van der Waals surface area contributed by atoms with E-state index in [1.54, 1.807) is 0 Å². The molecule has 0 saturated carbocycles. The fourth-order valence-corrected chi connectivity index (χ4v) is 6.40. The average Bonchev–Trinajstić information content (AvgIpc) is 2.47. The molecule has 1 rings (SSSR count). The third kappa shape index (κ3) is 4.95. The molecule has 6 nitrogen and oxygen atoms in total. The van der Waals surface area contributed by atoms with Gasteiger partial charge in [-0.05, 0) is 91.9 Å². The van der Waals surface area contributed by atoms with Crippen LogP contribution in [-0.2, 0) is 6.42 Å². The van der Waals surface area contributed by atoms with E-state index in [1.807, 2.05) is 67.8 Å². The molecule has 0 unspecified atom stereocenters. The van der Waals surface area contributed by atoms with Gasteiger partial charge >= 0.3 is 0 Å². The zero-order valence-corrected chi connectivity index (χ0v) is 18.1. The molecule has 0 fully saturated rings. The first kappa shape index (κ1) is 20.5. The summed E-state index contributed by atoms with van der Waals surface area (Å²) in [5.74, 6) is -0.987. The predicted octanol–water partition coefficient (Wildman–Crippen LogP) is 3.02. The van der Waals surface area contributed by atoms with Gasteiger partial charge in [-0.25, -0.2) is 0 Å².